The van der Waals surface area contributed by atoms with E-state index in [4.69, 9.17) is 4.74 Å². The van der Waals surface area contributed by atoms with Gasteiger partial charge in [0, 0.05) is 38.6 Å². The highest BCUT2D eigenvalue weighted by Crippen LogP contribution is 2.22. The largest absolute Gasteiger partial charge is 0.444 e. The van der Waals surface area contributed by atoms with E-state index in [0.29, 0.717) is 31.2 Å². The Balaban J connectivity index is 2.01. The van der Waals surface area contributed by atoms with Crippen molar-refractivity contribution in [3.05, 3.63) is 18.3 Å². The van der Waals surface area contributed by atoms with Crippen molar-refractivity contribution in [1.82, 2.24) is 9.88 Å². The predicted molar refractivity (Wildman–Crippen MR) is 86.6 cm³/mol. The molecular weight excluding hydrogens is 302 g/mol. The van der Waals surface area contributed by atoms with Gasteiger partial charge in [0.1, 0.15) is 10.6 Å². The number of piperazine rings is 1. The maximum absolute atomic E-state index is 12.1. The van der Waals surface area contributed by atoms with Crippen LogP contribution >= 0.6 is 0 Å². The Bertz CT molecular complexity index is 563. The number of amides is 1. The van der Waals surface area contributed by atoms with E-state index in [2.05, 4.69) is 9.88 Å². The molecule has 0 N–H and O–H groups in total. The van der Waals surface area contributed by atoms with E-state index < -0.39 is 16.4 Å². The summed E-state index contributed by atoms with van der Waals surface area (Å²) in [7, 11) is -1.13. The van der Waals surface area contributed by atoms with Crippen LogP contribution < -0.4 is 4.90 Å². The summed E-state index contributed by atoms with van der Waals surface area (Å²) in [5.41, 5.74) is 0.399. The lowest BCUT2D eigenvalue weighted by Crippen LogP contribution is -2.50. The average molecular weight is 325 g/mol. The standard InChI is InChI=1S/C15H23N3O3S/c1-15(2,3)21-14(19)18-10-8-17(9-11-18)12-6-5-7-16-13(12)22(4)20/h5-7H,8-11H2,1-4H3/t22-/m0/s1. The molecule has 0 bridgehead atoms. The van der Waals surface area contributed by atoms with Crippen LogP contribution in [0.3, 0.4) is 0 Å². The van der Waals surface area contributed by atoms with Crippen LogP contribution in [0.2, 0.25) is 0 Å². The van der Waals surface area contributed by atoms with Gasteiger partial charge in [0.25, 0.3) is 0 Å². The molecule has 0 saturated carbocycles. The van der Waals surface area contributed by atoms with E-state index in [1.807, 2.05) is 32.9 Å². The van der Waals surface area contributed by atoms with Gasteiger partial charge in [-0.1, -0.05) is 0 Å². The molecule has 1 atom stereocenters. The fraction of sp³-hybridized carbons (Fsp3) is 0.600. The molecule has 6 nitrogen and oxygen atoms in total. The Hall–Kier alpha value is -1.63. The molecule has 7 heteroatoms. The van der Waals surface area contributed by atoms with Crippen LogP contribution in [0.4, 0.5) is 10.5 Å². The molecule has 0 unspecified atom stereocenters. The summed E-state index contributed by atoms with van der Waals surface area (Å²) in [6, 6.07) is 3.76. The first kappa shape index (κ1) is 16.7. The zero-order valence-electron chi connectivity index (χ0n) is 13.5. The van der Waals surface area contributed by atoms with Crippen molar-refractivity contribution in [3.63, 3.8) is 0 Å². The quantitative estimate of drug-likeness (QED) is 0.831. The second-order valence-electron chi connectivity index (χ2n) is 6.24. The topological polar surface area (TPSA) is 62.7 Å². The zero-order chi connectivity index (χ0) is 16.3. The van der Waals surface area contributed by atoms with Crippen molar-refractivity contribution < 1.29 is 13.7 Å². The van der Waals surface area contributed by atoms with Crippen molar-refractivity contribution in [2.24, 2.45) is 0 Å². The van der Waals surface area contributed by atoms with E-state index in [9.17, 15) is 9.00 Å². The van der Waals surface area contributed by atoms with Gasteiger partial charge in [-0.3, -0.25) is 4.21 Å². The first-order chi connectivity index (χ1) is 10.3. The highest BCUT2D eigenvalue weighted by molar-refractivity contribution is 7.84. The average Bonchev–Trinajstić information content (AvgIpc) is 2.45. The lowest BCUT2D eigenvalue weighted by atomic mass is 10.2. The van der Waals surface area contributed by atoms with Crippen LogP contribution in [0.5, 0.6) is 0 Å². The molecule has 1 aromatic heterocycles. The van der Waals surface area contributed by atoms with Gasteiger partial charge in [-0.15, -0.1) is 0 Å². The third-order valence-electron chi connectivity index (χ3n) is 3.30. The molecular formula is C15H23N3O3S. The molecule has 1 aliphatic heterocycles. The Morgan fingerprint density at radius 3 is 2.45 bits per heavy atom. The maximum Gasteiger partial charge on any atom is 0.410 e. The van der Waals surface area contributed by atoms with E-state index >= 15 is 0 Å². The van der Waals surface area contributed by atoms with Crippen LogP contribution in [-0.4, -0.2) is 58.2 Å². The van der Waals surface area contributed by atoms with Gasteiger partial charge >= 0.3 is 6.09 Å². The van der Waals surface area contributed by atoms with Crippen LogP contribution in [0.25, 0.3) is 0 Å². The summed E-state index contributed by atoms with van der Waals surface area (Å²) in [6.45, 7) is 8.10. The van der Waals surface area contributed by atoms with E-state index in [1.165, 1.54) is 0 Å². The molecule has 0 radical (unpaired) electrons. The molecule has 2 heterocycles. The number of rotatable bonds is 2. The molecule has 0 spiro atoms. The van der Waals surface area contributed by atoms with E-state index in [1.54, 1.807) is 17.4 Å². The van der Waals surface area contributed by atoms with Gasteiger partial charge in [0.2, 0.25) is 0 Å². The fourth-order valence-electron chi connectivity index (χ4n) is 2.30. The van der Waals surface area contributed by atoms with Gasteiger partial charge in [0.05, 0.1) is 16.5 Å². The molecule has 1 aliphatic rings. The Kier molecular flexibility index (Phi) is 5.05. The SMILES string of the molecule is C[S@](=O)c1ncccc1N1CCN(C(=O)OC(C)(C)C)CC1. The van der Waals surface area contributed by atoms with Crippen molar-refractivity contribution in [3.8, 4) is 0 Å². The first-order valence-corrected chi connectivity index (χ1v) is 8.85. The first-order valence-electron chi connectivity index (χ1n) is 7.29. The minimum Gasteiger partial charge on any atom is -0.444 e. The molecule has 0 aromatic carbocycles. The second kappa shape index (κ2) is 6.64. The van der Waals surface area contributed by atoms with Gasteiger partial charge in [-0.2, -0.15) is 0 Å². The third kappa shape index (κ3) is 4.19. The Morgan fingerprint density at radius 2 is 1.91 bits per heavy atom. The van der Waals surface area contributed by atoms with Crippen LogP contribution in [0, 0.1) is 0 Å². The Morgan fingerprint density at radius 1 is 1.27 bits per heavy atom. The summed E-state index contributed by atoms with van der Waals surface area (Å²) in [5.74, 6) is 0. The van der Waals surface area contributed by atoms with Gasteiger partial charge in [0.15, 0.2) is 0 Å². The summed E-state index contributed by atoms with van der Waals surface area (Å²) >= 11 is 0. The number of nitrogens with zero attached hydrogens (tertiary/aromatic N) is 3. The summed E-state index contributed by atoms with van der Waals surface area (Å²) in [6.07, 6.45) is 3.00. The van der Waals surface area contributed by atoms with Crippen LogP contribution in [-0.2, 0) is 15.5 Å². The highest BCUT2D eigenvalue weighted by Gasteiger charge is 2.27. The van der Waals surface area contributed by atoms with E-state index in [-0.39, 0.29) is 6.09 Å². The number of carbonyl (C=O) groups is 1. The highest BCUT2D eigenvalue weighted by atomic mass is 32.2. The normalized spacial score (nSPS) is 17.3. The molecule has 1 aromatic rings. The molecule has 1 amide bonds. The minimum atomic E-state index is -1.13. The van der Waals surface area contributed by atoms with Gasteiger partial charge in [-0.25, -0.2) is 9.78 Å². The lowest BCUT2D eigenvalue weighted by Gasteiger charge is -2.37. The van der Waals surface area contributed by atoms with Crippen molar-refractivity contribution in [2.45, 2.75) is 31.4 Å². The smallest absolute Gasteiger partial charge is 0.410 e. The van der Waals surface area contributed by atoms with Crippen molar-refractivity contribution >= 4 is 22.6 Å². The predicted octanol–water partition coefficient (Wildman–Crippen LogP) is 1.88. The molecule has 122 valence electrons. The van der Waals surface area contributed by atoms with Crippen molar-refractivity contribution in [1.29, 1.82) is 0 Å². The van der Waals surface area contributed by atoms with E-state index in [0.717, 1.165) is 5.69 Å². The number of ether oxygens (including phenoxy) is 1. The summed E-state index contributed by atoms with van der Waals surface area (Å²) in [4.78, 5) is 20.1. The number of aromatic nitrogens is 1. The zero-order valence-corrected chi connectivity index (χ0v) is 14.4. The van der Waals surface area contributed by atoms with Gasteiger partial charge in [-0.05, 0) is 32.9 Å². The molecule has 22 heavy (non-hydrogen) atoms. The minimum absolute atomic E-state index is 0.280. The molecule has 1 saturated heterocycles. The van der Waals surface area contributed by atoms with Crippen molar-refractivity contribution in [2.75, 3.05) is 37.3 Å². The van der Waals surface area contributed by atoms with Gasteiger partial charge < -0.3 is 14.5 Å². The number of pyridine rings is 1. The lowest BCUT2D eigenvalue weighted by molar-refractivity contribution is 0.0240. The number of hydrogen-bond acceptors (Lipinski definition) is 5. The second-order valence-corrected chi connectivity index (χ2v) is 7.53. The molecule has 1 fully saturated rings. The third-order valence-corrected chi connectivity index (χ3v) is 4.15. The summed E-state index contributed by atoms with van der Waals surface area (Å²) in [5, 5.41) is 0.591. The Labute approximate surface area is 133 Å². The maximum atomic E-state index is 12.1. The molecule has 0 aliphatic carbocycles. The summed E-state index contributed by atoms with van der Waals surface area (Å²) < 4.78 is 17.2. The monoisotopic (exact) mass is 325 g/mol. The number of anilines is 1. The van der Waals surface area contributed by atoms with Crippen LogP contribution in [0.1, 0.15) is 20.8 Å². The number of carbonyl (C=O) groups excluding carboxylic acids is 1. The number of hydrogen-bond donors (Lipinski definition) is 0. The molecule has 2 rings (SSSR count). The fourth-order valence-corrected chi connectivity index (χ4v) is 3.00. The van der Waals surface area contributed by atoms with Crippen LogP contribution in [0.15, 0.2) is 23.4 Å².